The molecular formula is C32H38F3N5O3. The Hall–Kier alpha value is -3.41. The van der Waals surface area contributed by atoms with Crippen LogP contribution in [0.1, 0.15) is 43.0 Å². The molecule has 8 nitrogen and oxygen atoms in total. The molecule has 230 valence electrons. The summed E-state index contributed by atoms with van der Waals surface area (Å²) in [5, 5.41) is 0. The van der Waals surface area contributed by atoms with Gasteiger partial charge in [0.25, 0.3) is 0 Å². The van der Waals surface area contributed by atoms with Crippen LogP contribution in [0.4, 0.5) is 18.9 Å². The number of halogens is 3. The van der Waals surface area contributed by atoms with E-state index in [1.165, 1.54) is 18.7 Å². The van der Waals surface area contributed by atoms with Crippen molar-refractivity contribution in [1.82, 2.24) is 14.9 Å². The second-order valence-corrected chi connectivity index (χ2v) is 11.6. The third kappa shape index (κ3) is 5.65. The van der Waals surface area contributed by atoms with Gasteiger partial charge in [0.1, 0.15) is 11.3 Å². The number of aromatic nitrogens is 2. The van der Waals surface area contributed by atoms with Gasteiger partial charge in [0.15, 0.2) is 0 Å². The van der Waals surface area contributed by atoms with E-state index in [0.717, 1.165) is 29.9 Å². The van der Waals surface area contributed by atoms with E-state index in [9.17, 15) is 13.2 Å². The van der Waals surface area contributed by atoms with Gasteiger partial charge in [-0.25, -0.2) is 4.98 Å². The highest BCUT2D eigenvalue weighted by molar-refractivity contribution is 5.66. The first-order valence-electron chi connectivity index (χ1n) is 14.9. The second kappa shape index (κ2) is 11.9. The molecular weight excluding hydrogens is 559 g/mol. The molecule has 0 aliphatic carbocycles. The summed E-state index contributed by atoms with van der Waals surface area (Å²) in [6.45, 7) is 5.93. The van der Waals surface area contributed by atoms with Crippen molar-refractivity contribution in [3.8, 4) is 22.9 Å². The molecule has 1 aromatic carbocycles. The van der Waals surface area contributed by atoms with Crippen molar-refractivity contribution in [2.24, 2.45) is 5.73 Å². The Morgan fingerprint density at radius 2 is 1.93 bits per heavy atom. The Kier molecular flexibility index (Phi) is 8.23. The summed E-state index contributed by atoms with van der Waals surface area (Å²) >= 11 is 0. The van der Waals surface area contributed by atoms with Crippen LogP contribution in [-0.2, 0) is 22.9 Å². The number of methoxy groups -OCH3 is 1. The number of nitrogens with two attached hydrogens (primary N) is 1. The fourth-order valence-corrected chi connectivity index (χ4v) is 7.02. The van der Waals surface area contributed by atoms with Gasteiger partial charge in [-0.2, -0.15) is 13.2 Å². The molecule has 5 heterocycles. The molecule has 43 heavy (non-hydrogen) atoms. The van der Waals surface area contributed by atoms with Crippen LogP contribution in [0.5, 0.6) is 11.6 Å². The number of rotatable bonds is 7. The van der Waals surface area contributed by atoms with Crippen molar-refractivity contribution in [3.05, 3.63) is 65.5 Å². The van der Waals surface area contributed by atoms with E-state index >= 15 is 0 Å². The summed E-state index contributed by atoms with van der Waals surface area (Å²) in [5.41, 5.74) is 8.89. The SMILES string of the molecule is CCOc1ncccc1-c1ccc2c(n1)CN([C@H]1CO[C@@H](CN)C1)CC21CCN(c2cccc(OC)c2C(F)(F)F)CC1. The summed E-state index contributed by atoms with van der Waals surface area (Å²) in [7, 11) is 1.28. The highest BCUT2D eigenvalue weighted by Gasteiger charge is 2.47. The second-order valence-electron chi connectivity index (χ2n) is 11.6. The van der Waals surface area contributed by atoms with Crippen LogP contribution >= 0.6 is 0 Å². The first-order chi connectivity index (χ1) is 20.8. The quantitative estimate of drug-likeness (QED) is 0.406. The predicted octanol–water partition coefficient (Wildman–Crippen LogP) is 5.04. The molecule has 3 aliphatic rings. The van der Waals surface area contributed by atoms with Crippen LogP contribution < -0.4 is 20.1 Å². The normalized spacial score (nSPS) is 22.0. The van der Waals surface area contributed by atoms with Crippen molar-refractivity contribution in [2.45, 2.75) is 56.5 Å². The molecule has 2 fully saturated rings. The molecule has 2 aromatic heterocycles. The van der Waals surface area contributed by atoms with E-state index < -0.39 is 11.7 Å². The predicted molar refractivity (Wildman–Crippen MR) is 157 cm³/mol. The van der Waals surface area contributed by atoms with E-state index in [1.54, 1.807) is 18.3 Å². The Labute approximate surface area is 250 Å². The Morgan fingerprint density at radius 1 is 1.12 bits per heavy atom. The van der Waals surface area contributed by atoms with Gasteiger partial charge in [0.2, 0.25) is 5.88 Å². The van der Waals surface area contributed by atoms with E-state index in [2.05, 4.69) is 16.0 Å². The number of benzene rings is 1. The molecule has 0 amide bonds. The van der Waals surface area contributed by atoms with Gasteiger partial charge >= 0.3 is 6.18 Å². The molecule has 0 saturated carbocycles. The Morgan fingerprint density at radius 3 is 2.63 bits per heavy atom. The molecule has 0 bridgehead atoms. The van der Waals surface area contributed by atoms with Gasteiger partial charge in [-0.15, -0.1) is 0 Å². The summed E-state index contributed by atoms with van der Waals surface area (Å²) in [4.78, 5) is 13.9. The fourth-order valence-electron chi connectivity index (χ4n) is 7.02. The minimum absolute atomic E-state index is 0.0292. The molecule has 2 atom stereocenters. The van der Waals surface area contributed by atoms with Gasteiger partial charge in [-0.3, -0.25) is 9.88 Å². The number of hydrogen-bond acceptors (Lipinski definition) is 8. The number of hydrogen-bond donors (Lipinski definition) is 1. The molecule has 3 aliphatic heterocycles. The molecule has 0 unspecified atom stereocenters. The molecule has 1 spiro atoms. The third-order valence-electron chi connectivity index (χ3n) is 9.14. The minimum Gasteiger partial charge on any atom is -0.496 e. The van der Waals surface area contributed by atoms with Crippen LogP contribution in [0.15, 0.2) is 48.7 Å². The highest BCUT2D eigenvalue weighted by Crippen LogP contribution is 2.47. The first kappa shape index (κ1) is 29.7. The van der Waals surface area contributed by atoms with Gasteiger partial charge < -0.3 is 24.8 Å². The standard InChI is InChI=1S/C32H38F3N5O3/c1-3-42-30-23(6-5-13-37-30)25-10-9-24-26(38-25)18-40(21-16-22(17-36)43-19-21)20-31(24)11-14-39(15-12-31)27-7-4-8-28(41-2)29(27)32(33,34)35/h4-10,13,21-22H,3,11-12,14-20,36H2,1-2H3/t21-,22-/m1/s1. The molecule has 6 rings (SSSR count). The lowest BCUT2D eigenvalue weighted by atomic mass is 9.69. The minimum atomic E-state index is -4.53. The van der Waals surface area contributed by atoms with Crippen LogP contribution in [-0.4, -0.2) is 73.5 Å². The fraction of sp³-hybridized carbons (Fsp3) is 0.500. The molecule has 0 radical (unpaired) electrons. The molecule has 2 saturated heterocycles. The zero-order valence-corrected chi connectivity index (χ0v) is 24.6. The maximum atomic E-state index is 14.2. The van der Waals surface area contributed by atoms with Crippen LogP contribution in [0.3, 0.4) is 0 Å². The lowest BCUT2D eigenvalue weighted by molar-refractivity contribution is -0.138. The topological polar surface area (TPSA) is 86.0 Å². The van der Waals surface area contributed by atoms with E-state index in [-0.39, 0.29) is 29.0 Å². The Balaban J connectivity index is 1.35. The largest absolute Gasteiger partial charge is 0.496 e. The van der Waals surface area contributed by atoms with Crippen LogP contribution in [0.2, 0.25) is 0 Å². The molecule has 2 N–H and O–H groups in total. The van der Waals surface area contributed by atoms with E-state index in [1.807, 2.05) is 30.0 Å². The molecule has 3 aromatic rings. The zero-order chi connectivity index (χ0) is 30.2. The van der Waals surface area contributed by atoms with Crippen molar-refractivity contribution < 1.29 is 27.4 Å². The van der Waals surface area contributed by atoms with Crippen LogP contribution in [0, 0.1) is 0 Å². The number of alkyl halides is 3. The van der Waals surface area contributed by atoms with Gasteiger partial charge in [-0.05, 0) is 62.1 Å². The number of nitrogens with zero attached hydrogens (tertiary/aromatic N) is 4. The van der Waals surface area contributed by atoms with E-state index in [0.29, 0.717) is 58.1 Å². The van der Waals surface area contributed by atoms with Gasteiger partial charge in [0.05, 0.1) is 49.1 Å². The third-order valence-corrected chi connectivity index (χ3v) is 9.14. The smallest absolute Gasteiger partial charge is 0.421 e. The lowest BCUT2D eigenvalue weighted by Crippen LogP contribution is -2.54. The van der Waals surface area contributed by atoms with Crippen molar-refractivity contribution in [3.63, 3.8) is 0 Å². The van der Waals surface area contributed by atoms with Crippen molar-refractivity contribution >= 4 is 5.69 Å². The van der Waals surface area contributed by atoms with Crippen LogP contribution in [0.25, 0.3) is 11.3 Å². The number of piperidine rings is 1. The number of ether oxygens (including phenoxy) is 3. The average molecular weight is 598 g/mol. The van der Waals surface area contributed by atoms with E-state index in [4.69, 9.17) is 24.9 Å². The summed E-state index contributed by atoms with van der Waals surface area (Å²) in [5.74, 6) is 0.385. The number of fused-ring (bicyclic) bond motifs is 2. The molecule has 11 heteroatoms. The van der Waals surface area contributed by atoms with Crippen molar-refractivity contribution in [1.29, 1.82) is 0 Å². The lowest BCUT2D eigenvalue weighted by Gasteiger charge is -2.50. The number of anilines is 1. The van der Waals surface area contributed by atoms with Crippen molar-refractivity contribution in [2.75, 3.05) is 51.4 Å². The Bertz CT molecular complexity index is 1440. The maximum Gasteiger partial charge on any atom is 0.421 e. The highest BCUT2D eigenvalue weighted by atomic mass is 19.4. The first-order valence-corrected chi connectivity index (χ1v) is 14.9. The van der Waals surface area contributed by atoms with Gasteiger partial charge in [-0.1, -0.05) is 12.1 Å². The summed E-state index contributed by atoms with van der Waals surface area (Å²) in [6, 6.07) is 12.8. The monoisotopic (exact) mass is 597 g/mol. The summed E-state index contributed by atoms with van der Waals surface area (Å²) in [6.07, 6.45) is -0.558. The maximum absolute atomic E-state index is 14.2. The number of pyridine rings is 2. The summed E-state index contributed by atoms with van der Waals surface area (Å²) < 4.78 is 59.4. The average Bonchev–Trinajstić information content (AvgIpc) is 3.50. The zero-order valence-electron chi connectivity index (χ0n) is 24.6. The van der Waals surface area contributed by atoms with Gasteiger partial charge in [0, 0.05) is 50.4 Å².